The van der Waals surface area contributed by atoms with Gasteiger partial charge in [-0.2, -0.15) is 5.10 Å². The maximum absolute atomic E-state index is 11.8. The normalized spacial score (nSPS) is 13.0. The van der Waals surface area contributed by atoms with Crippen LogP contribution in [0.1, 0.15) is 29.4 Å². The Morgan fingerprint density at radius 3 is 1.57 bits per heavy atom. The van der Waals surface area contributed by atoms with Gasteiger partial charge in [-0.3, -0.25) is 9.89 Å². The van der Waals surface area contributed by atoms with Gasteiger partial charge in [0.2, 0.25) is 0 Å². The molecule has 1 heterocycles. The number of carbonyl (C=O) groups is 1. The summed E-state index contributed by atoms with van der Waals surface area (Å²) in [5, 5.41) is 7.09. The quantitative estimate of drug-likeness (QED) is 0.219. The van der Waals surface area contributed by atoms with Crippen molar-refractivity contribution in [1.29, 1.82) is 0 Å². The maximum atomic E-state index is 11.8. The maximum Gasteiger partial charge on any atom is 0.294 e. The molecule has 0 radical (unpaired) electrons. The molecule has 4 rings (SSSR count). The molecule has 6 heteroatoms. The first-order valence-corrected chi connectivity index (χ1v) is 9.38. The van der Waals surface area contributed by atoms with Crippen LogP contribution in [0.15, 0.2) is 97.3 Å². The molecule has 0 aliphatic heterocycles. The summed E-state index contributed by atoms with van der Waals surface area (Å²) in [6.45, 7) is 2.33. The molecule has 0 saturated heterocycles. The van der Waals surface area contributed by atoms with Gasteiger partial charge in [0, 0.05) is 0 Å². The Bertz CT molecular complexity index is 961. The average Bonchev–Trinajstić information content (AvgIpc) is 3.33. The summed E-state index contributed by atoms with van der Waals surface area (Å²) >= 11 is 0. The van der Waals surface area contributed by atoms with Gasteiger partial charge in [-0.15, -0.1) is 24.0 Å². The van der Waals surface area contributed by atoms with Crippen LogP contribution in [-0.4, -0.2) is 21.7 Å². The fourth-order valence-electron chi connectivity index (χ4n) is 4.23. The molecule has 1 aromatic heterocycles. The van der Waals surface area contributed by atoms with Gasteiger partial charge in [0.15, 0.2) is 11.4 Å². The van der Waals surface area contributed by atoms with Crippen molar-refractivity contribution in [3.05, 3.63) is 120 Å². The summed E-state index contributed by atoms with van der Waals surface area (Å²) in [7, 11) is 0. The molecule has 0 bridgehead atoms. The zero-order valence-corrected chi connectivity index (χ0v) is 18.8. The Hall–Kier alpha value is -3.00. The summed E-state index contributed by atoms with van der Waals surface area (Å²) in [4.78, 5) is 16.2. The van der Waals surface area contributed by atoms with Crippen LogP contribution in [0, 0.1) is 0 Å². The molecule has 0 fully saturated rings. The van der Waals surface area contributed by atoms with Gasteiger partial charge < -0.3 is 4.74 Å². The van der Waals surface area contributed by atoms with E-state index in [4.69, 9.17) is 4.74 Å². The SMILES string of the molecule is CC(OC=O)(c1nc[nH]n1)C(c1ccccc1)(c1ccccc1)c1ccccc1.I. The highest BCUT2D eigenvalue weighted by atomic mass is 127. The highest BCUT2D eigenvalue weighted by Gasteiger charge is 2.57. The van der Waals surface area contributed by atoms with Crippen molar-refractivity contribution in [2.75, 3.05) is 0 Å². The Kier molecular flexibility index (Phi) is 6.66. The van der Waals surface area contributed by atoms with E-state index in [2.05, 4.69) is 15.2 Å². The molecule has 1 unspecified atom stereocenters. The summed E-state index contributed by atoms with van der Waals surface area (Å²) in [6, 6.07) is 30.0. The number of halogens is 1. The molecule has 0 amide bonds. The first-order chi connectivity index (χ1) is 14.2. The Labute approximate surface area is 192 Å². The second kappa shape index (κ2) is 9.21. The van der Waals surface area contributed by atoms with E-state index in [1.54, 1.807) is 0 Å². The summed E-state index contributed by atoms with van der Waals surface area (Å²) in [5.41, 5.74) is 0.781. The summed E-state index contributed by atoms with van der Waals surface area (Å²) in [5.74, 6) is 0.390. The largest absolute Gasteiger partial charge is 0.452 e. The van der Waals surface area contributed by atoms with Gasteiger partial charge in [0.1, 0.15) is 6.33 Å². The van der Waals surface area contributed by atoms with E-state index in [-0.39, 0.29) is 24.0 Å². The van der Waals surface area contributed by atoms with Crippen molar-refractivity contribution in [3.8, 4) is 0 Å². The number of carbonyl (C=O) groups excluding carboxylic acids is 1. The summed E-state index contributed by atoms with van der Waals surface area (Å²) in [6.07, 6.45) is 1.49. The van der Waals surface area contributed by atoms with Gasteiger partial charge in [0.25, 0.3) is 6.47 Å². The molecule has 0 spiro atoms. The second-order valence-electron chi connectivity index (χ2n) is 6.92. The number of nitrogens with zero attached hydrogens (tertiary/aromatic N) is 2. The molecule has 5 nitrogen and oxygen atoms in total. The smallest absolute Gasteiger partial charge is 0.294 e. The van der Waals surface area contributed by atoms with Crippen LogP contribution < -0.4 is 0 Å². The van der Waals surface area contributed by atoms with Gasteiger partial charge in [-0.05, 0) is 23.6 Å². The molecule has 0 aliphatic carbocycles. The molecule has 30 heavy (non-hydrogen) atoms. The third-order valence-corrected chi connectivity index (χ3v) is 5.46. The minimum atomic E-state index is -1.22. The van der Waals surface area contributed by atoms with Crippen LogP contribution in [0.4, 0.5) is 0 Å². The van der Waals surface area contributed by atoms with Crippen molar-refractivity contribution >= 4 is 30.4 Å². The molecule has 0 aliphatic rings. The average molecular weight is 511 g/mol. The van der Waals surface area contributed by atoms with E-state index in [0.29, 0.717) is 12.3 Å². The van der Waals surface area contributed by atoms with Gasteiger partial charge >= 0.3 is 0 Å². The highest BCUT2D eigenvalue weighted by molar-refractivity contribution is 14.0. The van der Waals surface area contributed by atoms with E-state index < -0.39 is 11.0 Å². The highest BCUT2D eigenvalue weighted by Crippen LogP contribution is 2.52. The predicted octanol–water partition coefficient (Wildman–Crippen LogP) is 4.85. The zero-order chi connectivity index (χ0) is 20.2. The molecule has 1 atom stereocenters. The van der Waals surface area contributed by atoms with Crippen LogP contribution >= 0.6 is 24.0 Å². The summed E-state index contributed by atoms with van der Waals surface area (Å²) < 4.78 is 5.88. The number of aromatic nitrogens is 3. The Morgan fingerprint density at radius 1 is 0.800 bits per heavy atom. The number of rotatable bonds is 7. The van der Waals surface area contributed by atoms with Crippen LogP contribution in [0.2, 0.25) is 0 Å². The minimum Gasteiger partial charge on any atom is -0.452 e. The third-order valence-electron chi connectivity index (χ3n) is 5.46. The first kappa shape index (κ1) is 21.7. The number of H-pyrrole nitrogens is 1. The number of hydrogen-bond donors (Lipinski definition) is 1. The lowest BCUT2D eigenvalue weighted by Gasteiger charge is -2.47. The minimum absolute atomic E-state index is 0. The van der Waals surface area contributed by atoms with Gasteiger partial charge in [-0.25, -0.2) is 4.98 Å². The van der Waals surface area contributed by atoms with Crippen LogP contribution in [0.3, 0.4) is 0 Å². The van der Waals surface area contributed by atoms with Crippen molar-refractivity contribution in [2.24, 2.45) is 0 Å². The lowest BCUT2D eigenvalue weighted by atomic mass is 9.59. The predicted molar refractivity (Wildman–Crippen MR) is 126 cm³/mol. The van der Waals surface area contributed by atoms with Crippen LogP contribution in [0.25, 0.3) is 0 Å². The molecule has 0 saturated carbocycles. The topological polar surface area (TPSA) is 67.9 Å². The van der Waals surface area contributed by atoms with E-state index in [1.165, 1.54) is 6.33 Å². The Morgan fingerprint density at radius 2 is 1.23 bits per heavy atom. The number of ether oxygens (including phenoxy) is 1. The standard InChI is InChI=1S/C24H21N3O2.HI/c1-23(29-18-28,22-25-17-26-27-22)24(19-11-5-2-6-12-19,20-13-7-3-8-14-20)21-15-9-4-10-16-21;/h2-18H,1H3,(H,25,26,27);1H. The zero-order valence-electron chi connectivity index (χ0n) is 16.4. The number of hydrogen-bond acceptors (Lipinski definition) is 4. The van der Waals surface area contributed by atoms with Gasteiger partial charge in [-0.1, -0.05) is 91.0 Å². The fourth-order valence-corrected chi connectivity index (χ4v) is 4.23. The van der Waals surface area contributed by atoms with Crippen molar-refractivity contribution in [3.63, 3.8) is 0 Å². The van der Waals surface area contributed by atoms with E-state index >= 15 is 0 Å². The molecule has 3 aromatic carbocycles. The molecular formula is C24H22IN3O2. The van der Waals surface area contributed by atoms with E-state index in [9.17, 15) is 4.79 Å². The molecule has 1 N–H and O–H groups in total. The molecule has 4 aromatic rings. The molecule has 152 valence electrons. The number of nitrogens with one attached hydrogen (secondary N) is 1. The first-order valence-electron chi connectivity index (χ1n) is 9.38. The Balaban J connectivity index is 0.00000256. The van der Waals surface area contributed by atoms with E-state index in [1.807, 2.05) is 97.9 Å². The van der Waals surface area contributed by atoms with Crippen LogP contribution in [-0.2, 0) is 20.5 Å². The third kappa shape index (κ3) is 3.41. The second-order valence-corrected chi connectivity index (χ2v) is 6.92. The van der Waals surface area contributed by atoms with Crippen LogP contribution in [0.5, 0.6) is 0 Å². The monoisotopic (exact) mass is 511 g/mol. The fraction of sp³-hybridized carbons (Fsp3) is 0.125. The number of benzene rings is 3. The van der Waals surface area contributed by atoms with Crippen molar-refractivity contribution in [1.82, 2.24) is 15.2 Å². The lowest BCUT2D eigenvalue weighted by molar-refractivity contribution is -0.149. The van der Waals surface area contributed by atoms with Gasteiger partial charge in [0.05, 0.1) is 5.41 Å². The van der Waals surface area contributed by atoms with Crippen molar-refractivity contribution in [2.45, 2.75) is 17.9 Å². The lowest BCUT2D eigenvalue weighted by Crippen LogP contribution is -2.51. The van der Waals surface area contributed by atoms with E-state index in [0.717, 1.165) is 16.7 Å². The number of aromatic amines is 1. The molecular weight excluding hydrogens is 489 g/mol. The van der Waals surface area contributed by atoms with Crippen molar-refractivity contribution < 1.29 is 9.53 Å².